The van der Waals surface area contributed by atoms with Crippen LogP contribution in [0.4, 0.5) is 0 Å². The molecule has 0 aromatic heterocycles. The molecule has 2 aliphatic heterocycles. The maximum atomic E-state index is 11.4. The molecule has 86 valence electrons. The van der Waals surface area contributed by atoms with Crippen molar-refractivity contribution in [2.75, 3.05) is 46.8 Å². The van der Waals surface area contributed by atoms with Crippen LogP contribution in [0.3, 0.4) is 0 Å². The Balaban J connectivity index is 2.05. The molecule has 2 fully saturated rings. The van der Waals surface area contributed by atoms with Gasteiger partial charge in [0.2, 0.25) is 5.91 Å². The highest BCUT2D eigenvalue weighted by molar-refractivity contribution is 5.73. The molecule has 4 heteroatoms. The van der Waals surface area contributed by atoms with Gasteiger partial charge in [0.15, 0.2) is 0 Å². The lowest BCUT2D eigenvalue weighted by atomic mass is 9.73. The minimum absolute atomic E-state index is 0.225. The highest BCUT2D eigenvalue weighted by Gasteiger charge is 2.50. The number of likely N-dealkylation sites (tertiary alicyclic amines) is 1. The average molecular weight is 211 g/mol. The normalized spacial score (nSPS) is 28.5. The summed E-state index contributed by atoms with van der Waals surface area (Å²) in [5.74, 6) is 0.861. The van der Waals surface area contributed by atoms with Gasteiger partial charge in [0.05, 0.1) is 0 Å². The third kappa shape index (κ3) is 1.88. The van der Waals surface area contributed by atoms with Crippen LogP contribution in [-0.4, -0.2) is 62.5 Å². The van der Waals surface area contributed by atoms with Gasteiger partial charge in [0.25, 0.3) is 0 Å². The molecule has 15 heavy (non-hydrogen) atoms. The van der Waals surface area contributed by atoms with Crippen LogP contribution >= 0.6 is 0 Å². The molecule has 1 amide bonds. The highest BCUT2D eigenvalue weighted by Crippen LogP contribution is 2.39. The number of carbonyl (C=O) groups is 1. The Hall–Kier alpha value is -0.610. The van der Waals surface area contributed by atoms with Crippen molar-refractivity contribution in [3.8, 4) is 0 Å². The zero-order valence-corrected chi connectivity index (χ0v) is 9.92. The number of hydrogen-bond donors (Lipinski definition) is 1. The molecule has 1 N–H and O–H groups in total. The third-order valence-corrected chi connectivity index (χ3v) is 3.80. The Morgan fingerprint density at radius 2 is 2.20 bits per heavy atom. The number of rotatable bonds is 2. The van der Waals surface area contributed by atoms with Gasteiger partial charge in [-0.1, -0.05) is 0 Å². The van der Waals surface area contributed by atoms with Crippen molar-refractivity contribution in [2.45, 2.75) is 6.92 Å². The summed E-state index contributed by atoms with van der Waals surface area (Å²) in [6, 6.07) is 0. The summed E-state index contributed by atoms with van der Waals surface area (Å²) in [6.45, 7) is 6.82. The number of nitrogens with zero attached hydrogens (tertiary/aromatic N) is 2. The van der Waals surface area contributed by atoms with Crippen LogP contribution < -0.4 is 5.32 Å². The summed E-state index contributed by atoms with van der Waals surface area (Å²) < 4.78 is 0. The predicted octanol–water partition coefficient (Wildman–Crippen LogP) is -0.384. The Morgan fingerprint density at radius 3 is 2.60 bits per heavy atom. The van der Waals surface area contributed by atoms with E-state index in [0.29, 0.717) is 11.3 Å². The topological polar surface area (TPSA) is 35.6 Å². The van der Waals surface area contributed by atoms with E-state index < -0.39 is 0 Å². The van der Waals surface area contributed by atoms with Gasteiger partial charge in [-0.3, -0.25) is 4.79 Å². The van der Waals surface area contributed by atoms with Crippen LogP contribution in [0, 0.1) is 11.3 Å². The first-order valence-corrected chi connectivity index (χ1v) is 5.64. The second-order valence-electron chi connectivity index (χ2n) is 5.32. The van der Waals surface area contributed by atoms with E-state index in [0.717, 1.165) is 32.7 Å². The Morgan fingerprint density at radius 1 is 1.53 bits per heavy atom. The molecule has 1 atom stereocenters. The fourth-order valence-electron chi connectivity index (χ4n) is 2.81. The summed E-state index contributed by atoms with van der Waals surface area (Å²) in [6.07, 6.45) is 0. The lowest BCUT2D eigenvalue weighted by molar-refractivity contribution is -0.128. The van der Waals surface area contributed by atoms with Crippen molar-refractivity contribution in [1.82, 2.24) is 15.1 Å². The van der Waals surface area contributed by atoms with Crippen molar-refractivity contribution in [1.29, 1.82) is 0 Å². The zero-order valence-electron chi connectivity index (χ0n) is 9.92. The molecule has 0 aromatic rings. The molecule has 2 saturated heterocycles. The van der Waals surface area contributed by atoms with Crippen LogP contribution in [0.1, 0.15) is 6.92 Å². The number of hydrogen-bond acceptors (Lipinski definition) is 3. The smallest absolute Gasteiger partial charge is 0.219 e. The quantitative estimate of drug-likeness (QED) is 0.676. The fourth-order valence-corrected chi connectivity index (χ4v) is 2.81. The van der Waals surface area contributed by atoms with E-state index in [9.17, 15) is 4.79 Å². The molecule has 0 bridgehead atoms. The first kappa shape index (κ1) is 10.9. The summed E-state index contributed by atoms with van der Waals surface area (Å²) in [7, 11) is 4.21. The van der Waals surface area contributed by atoms with E-state index in [-0.39, 0.29) is 5.91 Å². The van der Waals surface area contributed by atoms with Crippen molar-refractivity contribution < 1.29 is 4.79 Å². The lowest BCUT2D eigenvalue weighted by Gasteiger charge is -2.44. The standard InChI is InChI=1S/C11H21N3O/c1-9(15)14-5-10(4-13(2)3)11(8-14)6-12-7-11/h10,12H,4-8H2,1-3H3. The van der Waals surface area contributed by atoms with Crippen LogP contribution in [0.5, 0.6) is 0 Å². The molecule has 1 unspecified atom stereocenters. The summed E-state index contributed by atoms with van der Waals surface area (Å²) in [5, 5.41) is 3.35. The summed E-state index contributed by atoms with van der Waals surface area (Å²) in [4.78, 5) is 15.6. The van der Waals surface area contributed by atoms with Gasteiger partial charge in [-0.25, -0.2) is 0 Å². The van der Waals surface area contributed by atoms with E-state index >= 15 is 0 Å². The van der Waals surface area contributed by atoms with Gasteiger partial charge in [-0.15, -0.1) is 0 Å². The lowest BCUT2D eigenvalue weighted by Crippen LogP contribution is -2.59. The fraction of sp³-hybridized carbons (Fsp3) is 0.909. The number of carbonyl (C=O) groups excluding carboxylic acids is 1. The second kappa shape index (κ2) is 3.76. The molecule has 0 aromatic carbocycles. The largest absolute Gasteiger partial charge is 0.342 e. The van der Waals surface area contributed by atoms with Crippen LogP contribution in [0.15, 0.2) is 0 Å². The van der Waals surface area contributed by atoms with Gasteiger partial charge in [-0.2, -0.15) is 0 Å². The summed E-state index contributed by atoms with van der Waals surface area (Å²) in [5.41, 5.74) is 0.371. The highest BCUT2D eigenvalue weighted by atomic mass is 16.2. The van der Waals surface area contributed by atoms with Gasteiger partial charge >= 0.3 is 0 Å². The first-order valence-electron chi connectivity index (χ1n) is 5.64. The maximum absolute atomic E-state index is 11.4. The molecule has 0 aliphatic carbocycles. The predicted molar refractivity (Wildman–Crippen MR) is 59.6 cm³/mol. The van der Waals surface area contributed by atoms with Gasteiger partial charge < -0.3 is 15.1 Å². The molecule has 2 rings (SSSR count). The molecule has 4 nitrogen and oxygen atoms in total. The van der Waals surface area contributed by atoms with Gasteiger partial charge in [0, 0.05) is 45.1 Å². The average Bonchev–Trinajstić information content (AvgIpc) is 2.42. The van der Waals surface area contributed by atoms with E-state index in [1.54, 1.807) is 6.92 Å². The Kier molecular flexibility index (Phi) is 2.73. The van der Waals surface area contributed by atoms with Crippen LogP contribution in [-0.2, 0) is 4.79 Å². The monoisotopic (exact) mass is 211 g/mol. The molecular weight excluding hydrogens is 190 g/mol. The minimum atomic E-state index is 0.225. The molecule has 0 radical (unpaired) electrons. The van der Waals surface area contributed by atoms with Crippen LogP contribution in [0.25, 0.3) is 0 Å². The van der Waals surface area contributed by atoms with Crippen LogP contribution in [0.2, 0.25) is 0 Å². The van der Waals surface area contributed by atoms with Gasteiger partial charge in [0.1, 0.15) is 0 Å². The maximum Gasteiger partial charge on any atom is 0.219 e. The minimum Gasteiger partial charge on any atom is -0.342 e. The van der Waals surface area contributed by atoms with Crippen molar-refractivity contribution in [3.63, 3.8) is 0 Å². The van der Waals surface area contributed by atoms with E-state index in [1.807, 2.05) is 4.90 Å². The molecule has 0 saturated carbocycles. The van der Waals surface area contributed by atoms with E-state index in [2.05, 4.69) is 24.3 Å². The van der Waals surface area contributed by atoms with Crippen molar-refractivity contribution in [2.24, 2.45) is 11.3 Å². The Bertz CT molecular complexity index is 261. The molecule has 1 spiro atoms. The Labute approximate surface area is 91.6 Å². The SMILES string of the molecule is CC(=O)N1CC(CN(C)C)C2(CNC2)C1. The van der Waals surface area contributed by atoms with Crippen molar-refractivity contribution >= 4 is 5.91 Å². The summed E-state index contributed by atoms with van der Waals surface area (Å²) >= 11 is 0. The molecule has 2 heterocycles. The first-order chi connectivity index (χ1) is 7.03. The van der Waals surface area contributed by atoms with Crippen molar-refractivity contribution in [3.05, 3.63) is 0 Å². The number of amides is 1. The number of nitrogens with one attached hydrogen (secondary N) is 1. The zero-order chi connectivity index (χ0) is 11.1. The molecule has 2 aliphatic rings. The third-order valence-electron chi connectivity index (χ3n) is 3.80. The second-order valence-corrected chi connectivity index (χ2v) is 5.32. The molecular formula is C11H21N3O. The van der Waals surface area contributed by atoms with Gasteiger partial charge in [-0.05, 0) is 20.0 Å². The van der Waals surface area contributed by atoms with E-state index in [4.69, 9.17) is 0 Å². The van der Waals surface area contributed by atoms with E-state index in [1.165, 1.54) is 0 Å².